The maximum Gasteiger partial charge on any atom is 0.328 e. The molecule has 1 amide bonds. The Hall–Kier alpha value is -2.05. The lowest BCUT2D eigenvalue weighted by Crippen LogP contribution is -2.51. The van der Waals surface area contributed by atoms with Crippen LogP contribution in [0.1, 0.15) is 61.3 Å². The van der Waals surface area contributed by atoms with E-state index in [1.54, 1.807) is 13.8 Å². The molecular weight excluding hydrogens is 338 g/mol. The molecule has 0 aliphatic heterocycles. The topological polar surface area (TPSA) is 118 Å². The molecular formula is C18H31N3O5. The number of nitrogens with zero attached hydrogens (tertiary/aromatic N) is 2. The van der Waals surface area contributed by atoms with Crippen molar-refractivity contribution in [2.45, 2.75) is 85.7 Å². The van der Waals surface area contributed by atoms with Crippen LogP contribution in [-0.2, 0) is 23.9 Å². The Balaban J connectivity index is 5.27. The summed E-state index contributed by atoms with van der Waals surface area (Å²) in [6.45, 7) is 12.6. The fourth-order valence-electron chi connectivity index (χ4n) is 2.16. The number of amides is 1. The van der Waals surface area contributed by atoms with Crippen LogP contribution in [0, 0.1) is 5.41 Å². The molecule has 0 unspecified atom stereocenters. The van der Waals surface area contributed by atoms with Crippen LogP contribution in [0.3, 0.4) is 0 Å². The Morgan fingerprint density at radius 2 is 1.69 bits per heavy atom. The maximum atomic E-state index is 12.7. The molecule has 8 nitrogen and oxygen atoms in total. The summed E-state index contributed by atoms with van der Waals surface area (Å²) >= 11 is 0. The highest BCUT2D eigenvalue weighted by Gasteiger charge is 2.35. The van der Waals surface area contributed by atoms with Crippen molar-refractivity contribution in [2.75, 3.05) is 0 Å². The van der Waals surface area contributed by atoms with Gasteiger partial charge in [-0.05, 0) is 39.5 Å². The maximum absolute atomic E-state index is 12.7. The number of rotatable bonds is 10. The van der Waals surface area contributed by atoms with E-state index in [0.29, 0.717) is 0 Å². The van der Waals surface area contributed by atoms with Gasteiger partial charge in [-0.15, -0.1) is 0 Å². The van der Waals surface area contributed by atoms with Crippen LogP contribution in [0.4, 0.5) is 0 Å². The molecule has 0 spiro atoms. The van der Waals surface area contributed by atoms with E-state index in [2.05, 4.69) is 10.1 Å². The third-order valence-electron chi connectivity index (χ3n) is 3.27. The first-order chi connectivity index (χ1) is 11.9. The van der Waals surface area contributed by atoms with Crippen LogP contribution in [0.5, 0.6) is 0 Å². The summed E-state index contributed by atoms with van der Waals surface area (Å²) in [4.78, 5) is 39.2. The molecule has 1 N–H and O–H groups in total. The van der Waals surface area contributed by atoms with Crippen molar-refractivity contribution in [2.24, 2.45) is 5.41 Å². The smallest absolute Gasteiger partial charge is 0.328 e. The zero-order valence-corrected chi connectivity index (χ0v) is 16.7. The molecule has 8 heteroatoms. The summed E-state index contributed by atoms with van der Waals surface area (Å²) in [7, 11) is 0. The molecule has 0 saturated heterocycles. The fourth-order valence-corrected chi connectivity index (χ4v) is 2.16. The number of ether oxygens (including phenoxy) is 2. The zero-order valence-electron chi connectivity index (χ0n) is 16.7. The van der Waals surface area contributed by atoms with E-state index in [0.717, 1.165) is 6.21 Å². The number of carbonyl (C=O) groups excluding carboxylic acids is 3. The lowest BCUT2D eigenvalue weighted by atomic mass is 9.88. The van der Waals surface area contributed by atoms with E-state index in [1.165, 1.54) is 0 Å². The van der Waals surface area contributed by atoms with Crippen LogP contribution in [0.2, 0.25) is 0 Å². The molecule has 0 aromatic carbocycles. The Kier molecular flexibility index (Phi) is 9.98. The summed E-state index contributed by atoms with van der Waals surface area (Å²) in [6.07, 6.45) is -0.595. The summed E-state index contributed by atoms with van der Waals surface area (Å²) in [6, 6.07) is -0.999. The van der Waals surface area contributed by atoms with Crippen LogP contribution >= 0.6 is 0 Å². The Bertz CT molecular complexity index is 546. The summed E-state index contributed by atoms with van der Waals surface area (Å²) < 4.78 is 10.9. The van der Waals surface area contributed by atoms with Crippen molar-refractivity contribution in [3.8, 4) is 0 Å². The highest BCUT2D eigenvalue weighted by atomic mass is 16.5. The predicted molar refractivity (Wildman–Crippen MR) is 96.5 cm³/mol. The van der Waals surface area contributed by atoms with Gasteiger partial charge in [0.05, 0.1) is 12.2 Å². The van der Waals surface area contributed by atoms with Crippen LogP contribution in [0.15, 0.2) is 0 Å². The van der Waals surface area contributed by atoms with E-state index >= 15 is 0 Å². The molecule has 2 atom stereocenters. The van der Waals surface area contributed by atoms with Gasteiger partial charge in [-0.3, -0.25) is 9.59 Å². The molecule has 0 heterocycles. The summed E-state index contributed by atoms with van der Waals surface area (Å²) in [5, 5.41) is 2.63. The van der Waals surface area contributed by atoms with Crippen molar-refractivity contribution in [1.82, 2.24) is 5.32 Å². The lowest BCUT2D eigenvalue weighted by molar-refractivity contribution is -0.155. The van der Waals surface area contributed by atoms with E-state index in [9.17, 15) is 14.4 Å². The summed E-state index contributed by atoms with van der Waals surface area (Å²) in [5.74, 6) is -1.53. The Morgan fingerprint density at radius 1 is 1.12 bits per heavy atom. The highest BCUT2D eigenvalue weighted by Crippen LogP contribution is 2.24. The second-order valence-electron chi connectivity index (χ2n) is 7.73. The van der Waals surface area contributed by atoms with E-state index in [-0.39, 0.29) is 25.0 Å². The van der Waals surface area contributed by atoms with Gasteiger partial charge in [0.25, 0.3) is 0 Å². The summed E-state index contributed by atoms with van der Waals surface area (Å²) in [5.41, 5.74) is 7.91. The largest absolute Gasteiger partial charge is 0.461 e. The van der Waals surface area contributed by atoms with Crippen LogP contribution in [0.25, 0.3) is 5.53 Å². The molecule has 26 heavy (non-hydrogen) atoms. The standard InChI is InChI=1S/C18H31N3O5/c1-11(2)25-15(18(5,6)7)16(23)21-14(17(24)26-12(3)4)9-8-13(22)10-20-19/h10-12,14-15H,8-9H2,1-7H3,(H,21,23)/t14-,15+/m0/s1. The van der Waals surface area contributed by atoms with Crippen molar-refractivity contribution in [3.05, 3.63) is 5.53 Å². The molecule has 0 aliphatic carbocycles. The van der Waals surface area contributed by atoms with Gasteiger partial charge in [-0.2, -0.15) is 4.79 Å². The Labute approximate surface area is 155 Å². The van der Waals surface area contributed by atoms with E-state index in [1.807, 2.05) is 34.6 Å². The average molecular weight is 369 g/mol. The normalized spacial score (nSPS) is 13.7. The first-order valence-electron chi connectivity index (χ1n) is 8.75. The second kappa shape index (κ2) is 10.8. The SMILES string of the molecule is CC(C)OC(=O)[C@H](CCC(=O)C=[N+]=[N-])NC(=O)[C@@H](OC(C)C)C(C)(C)C. The minimum absolute atomic E-state index is 0.0285. The number of nitrogens with one attached hydrogen (secondary N) is 1. The first-order valence-corrected chi connectivity index (χ1v) is 8.75. The zero-order chi connectivity index (χ0) is 20.5. The third kappa shape index (κ3) is 9.44. The molecule has 0 aliphatic rings. The second-order valence-corrected chi connectivity index (χ2v) is 7.73. The van der Waals surface area contributed by atoms with Gasteiger partial charge in [0.2, 0.25) is 11.7 Å². The van der Waals surface area contributed by atoms with Crippen molar-refractivity contribution < 1.29 is 28.6 Å². The van der Waals surface area contributed by atoms with Crippen molar-refractivity contribution in [1.29, 1.82) is 0 Å². The fraction of sp³-hybridized carbons (Fsp3) is 0.778. The average Bonchev–Trinajstić information content (AvgIpc) is 2.46. The number of carbonyl (C=O) groups is 3. The first kappa shape index (κ1) is 23.9. The van der Waals surface area contributed by atoms with E-state index < -0.39 is 35.2 Å². The number of ketones is 1. The minimum atomic E-state index is -0.999. The van der Waals surface area contributed by atoms with Gasteiger partial charge in [0.1, 0.15) is 12.1 Å². The molecule has 0 fully saturated rings. The number of hydrogen-bond donors (Lipinski definition) is 1. The minimum Gasteiger partial charge on any atom is -0.461 e. The number of esters is 1. The molecule has 0 aromatic heterocycles. The molecule has 0 aromatic rings. The lowest BCUT2D eigenvalue weighted by Gasteiger charge is -2.32. The van der Waals surface area contributed by atoms with Crippen LogP contribution < -0.4 is 5.32 Å². The molecule has 0 bridgehead atoms. The van der Waals surface area contributed by atoms with Gasteiger partial charge in [-0.25, -0.2) is 4.79 Å². The quantitative estimate of drug-likeness (QED) is 0.273. The van der Waals surface area contributed by atoms with Crippen molar-refractivity contribution >= 4 is 23.9 Å². The Morgan fingerprint density at radius 3 is 2.12 bits per heavy atom. The predicted octanol–water partition coefficient (Wildman–Crippen LogP) is 1.91. The monoisotopic (exact) mass is 369 g/mol. The van der Waals surface area contributed by atoms with Gasteiger partial charge in [0, 0.05) is 6.42 Å². The number of hydrogen-bond acceptors (Lipinski definition) is 5. The molecule has 148 valence electrons. The van der Waals surface area contributed by atoms with Gasteiger partial charge in [-0.1, -0.05) is 20.8 Å². The third-order valence-corrected chi connectivity index (χ3v) is 3.27. The highest BCUT2D eigenvalue weighted by molar-refractivity contribution is 6.25. The van der Waals surface area contributed by atoms with Gasteiger partial charge >= 0.3 is 12.2 Å². The molecule has 0 saturated carbocycles. The number of Topliss-reactive ketones (excluding diaryl/α,β-unsaturated/α-hetero) is 1. The molecule has 0 rings (SSSR count). The van der Waals surface area contributed by atoms with E-state index in [4.69, 9.17) is 15.0 Å². The van der Waals surface area contributed by atoms with Gasteiger partial charge in [0.15, 0.2) is 0 Å². The van der Waals surface area contributed by atoms with Crippen molar-refractivity contribution in [3.63, 3.8) is 0 Å². The van der Waals surface area contributed by atoms with Gasteiger partial charge < -0.3 is 20.3 Å². The molecule has 0 radical (unpaired) electrons. The van der Waals surface area contributed by atoms with Crippen LogP contribution in [-0.4, -0.2) is 53.0 Å².